The third kappa shape index (κ3) is 2.19. The molecule has 4 fully saturated rings. The highest BCUT2D eigenvalue weighted by Gasteiger charge is 2.60. The van der Waals surface area contributed by atoms with Crippen LogP contribution in [0.5, 0.6) is 0 Å². The van der Waals surface area contributed by atoms with Gasteiger partial charge in [0, 0.05) is 5.92 Å². The van der Waals surface area contributed by atoms with Gasteiger partial charge in [-0.05, 0) is 99.2 Å². The van der Waals surface area contributed by atoms with Crippen molar-refractivity contribution in [3.05, 3.63) is 0 Å². The fourth-order valence-corrected chi connectivity index (χ4v) is 7.60. The van der Waals surface area contributed by atoms with Crippen molar-refractivity contribution in [2.75, 3.05) is 0 Å². The van der Waals surface area contributed by atoms with Gasteiger partial charge in [-0.3, -0.25) is 4.79 Å². The largest absolute Gasteiger partial charge is 0.393 e. The number of rotatable bonds is 1. The number of aliphatic hydroxyl groups excluding tert-OH is 1. The van der Waals surface area contributed by atoms with Gasteiger partial charge in [-0.25, -0.2) is 0 Å². The van der Waals surface area contributed by atoms with Crippen LogP contribution in [0.1, 0.15) is 78.6 Å². The smallest absolute Gasteiger partial charge is 0.132 e. The topological polar surface area (TPSA) is 37.3 Å². The van der Waals surface area contributed by atoms with Gasteiger partial charge in [-0.1, -0.05) is 13.8 Å². The van der Waals surface area contributed by atoms with Crippen molar-refractivity contribution < 1.29 is 9.90 Å². The van der Waals surface area contributed by atoms with Gasteiger partial charge in [0.15, 0.2) is 0 Å². The molecule has 0 radical (unpaired) electrons. The zero-order chi connectivity index (χ0) is 16.4. The summed E-state index contributed by atoms with van der Waals surface area (Å²) in [6.07, 6.45) is 10.9. The Morgan fingerprint density at radius 1 is 0.913 bits per heavy atom. The van der Waals surface area contributed by atoms with E-state index in [2.05, 4.69) is 13.8 Å². The first-order valence-corrected chi connectivity index (χ1v) is 10.0. The van der Waals surface area contributed by atoms with Gasteiger partial charge in [0.2, 0.25) is 0 Å². The molecule has 0 aliphatic heterocycles. The molecule has 23 heavy (non-hydrogen) atoms. The Labute approximate surface area is 141 Å². The van der Waals surface area contributed by atoms with E-state index >= 15 is 0 Å². The molecule has 0 aromatic carbocycles. The number of carbonyl (C=O) groups excluding carboxylic acids is 1. The quantitative estimate of drug-likeness (QED) is 0.767. The molecule has 1 N–H and O–H groups in total. The van der Waals surface area contributed by atoms with Crippen LogP contribution in [0, 0.1) is 40.4 Å². The van der Waals surface area contributed by atoms with Crippen molar-refractivity contribution in [2.45, 2.75) is 84.7 Å². The molecule has 0 spiro atoms. The Hall–Kier alpha value is -0.370. The lowest BCUT2D eigenvalue weighted by atomic mass is 9.44. The summed E-state index contributed by atoms with van der Waals surface area (Å²) in [6.45, 7) is 6.72. The highest BCUT2D eigenvalue weighted by atomic mass is 16.3. The molecule has 0 aromatic heterocycles. The van der Waals surface area contributed by atoms with Crippen molar-refractivity contribution in [1.82, 2.24) is 0 Å². The summed E-state index contributed by atoms with van der Waals surface area (Å²) in [4.78, 5) is 11.9. The first kappa shape index (κ1) is 16.1. The number of ketones is 1. The van der Waals surface area contributed by atoms with Crippen LogP contribution in [0.2, 0.25) is 0 Å². The Morgan fingerprint density at radius 2 is 1.61 bits per heavy atom. The second kappa shape index (κ2) is 5.31. The summed E-state index contributed by atoms with van der Waals surface area (Å²) in [5, 5.41) is 10.5. The van der Waals surface area contributed by atoms with Gasteiger partial charge in [0.1, 0.15) is 5.78 Å². The molecule has 2 heteroatoms. The summed E-state index contributed by atoms with van der Waals surface area (Å²) in [5.74, 6) is 3.95. The first-order valence-electron chi connectivity index (χ1n) is 10.0. The van der Waals surface area contributed by atoms with E-state index in [9.17, 15) is 9.90 Å². The average Bonchev–Trinajstić information content (AvgIpc) is 2.82. The van der Waals surface area contributed by atoms with E-state index in [1.54, 1.807) is 6.92 Å². The third-order valence-corrected chi connectivity index (χ3v) is 9.19. The van der Waals surface area contributed by atoms with E-state index in [1.165, 1.54) is 38.5 Å². The molecule has 0 bridgehead atoms. The number of fused-ring (bicyclic) bond motifs is 5. The summed E-state index contributed by atoms with van der Waals surface area (Å²) in [5.41, 5.74) is 0.657. The third-order valence-electron chi connectivity index (χ3n) is 9.19. The van der Waals surface area contributed by atoms with Crippen LogP contribution in [0.4, 0.5) is 0 Å². The molecular formula is C21H34O2. The van der Waals surface area contributed by atoms with Crippen LogP contribution in [0.15, 0.2) is 0 Å². The van der Waals surface area contributed by atoms with E-state index in [0.717, 1.165) is 42.9 Å². The van der Waals surface area contributed by atoms with Crippen LogP contribution in [0.25, 0.3) is 0 Å². The highest BCUT2D eigenvalue weighted by molar-refractivity contribution is 5.78. The molecule has 4 aliphatic rings. The van der Waals surface area contributed by atoms with E-state index < -0.39 is 0 Å². The van der Waals surface area contributed by atoms with Gasteiger partial charge in [-0.2, -0.15) is 0 Å². The maximum Gasteiger partial charge on any atom is 0.132 e. The fourth-order valence-electron chi connectivity index (χ4n) is 7.60. The molecule has 0 heterocycles. The Kier molecular flexibility index (Phi) is 3.72. The van der Waals surface area contributed by atoms with Crippen molar-refractivity contribution >= 4 is 5.78 Å². The number of aliphatic hydroxyl groups is 1. The lowest BCUT2D eigenvalue weighted by molar-refractivity contribution is -0.138. The molecule has 0 saturated heterocycles. The average molecular weight is 319 g/mol. The van der Waals surface area contributed by atoms with Gasteiger partial charge < -0.3 is 5.11 Å². The Bertz CT molecular complexity index is 500. The maximum absolute atomic E-state index is 11.9. The minimum Gasteiger partial charge on any atom is -0.393 e. The predicted molar refractivity (Wildman–Crippen MR) is 91.9 cm³/mol. The van der Waals surface area contributed by atoms with Gasteiger partial charge in [-0.15, -0.1) is 0 Å². The molecule has 4 aliphatic carbocycles. The van der Waals surface area contributed by atoms with Crippen LogP contribution >= 0.6 is 0 Å². The van der Waals surface area contributed by atoms with Gasteiger partial charge in [0.05, 0.1) is 6.10 Å². The summed E-state index contributed by atoms with van der Waals surface area (Å²) < 4.78 is 0. The number of hydrogen-bond donors (Lipinski definition) is 1. The SMILES string of the molecule is CC(=O)[C@@H]1CC[C@@]2(C)[C@H](CC[C@H]3[C@H]4CC[C@H](O)[C@]4(C)CC[C@@H]32)C1. The molecule has 8 atom stereocenters. The minimum atomic E-state index is -0.0626. The van der Waals surface area contributed by atoms with Crippen LogP contribution in [0.3, 0.4) is 0 Å². The lowest BCUT2D eigenvalue weighted by Gasteiger charge is -2.60. The predicted octanol–water partition coefficient (Wildman–Crippen LogP) is 4.60. The Balaban J connectivity index is 1.58. The summed E-state index contributed by atoms with van der Waals surface area (Å²) in [7, 11) is 0. The van der Waals surface area contributed by atoms with Gasteiger partial charge >= 0.3 is 0 Å². The van der Waals surface area contributed by atoms with Crippen LogP contribution in [-0.2, 0) is 4.79 Å². The first-order chi connectivity index (χ1) is 10.9. The van der Waals surface area contributed by atoms with Crippen molar-refractivity contribution in [1.29, 1.82) is 0 Å². The van der Waals surface area contributed by atoms with E-state index in [-0.39, 0.29) is 11.5 Å². The second-order valence-corrected chi connectivity index (χ2v) is 9.88. The zero-order valence-corrected chi connectivity index (χ0v) is 15.2. The molecule has 130 valence electrons. The molecular weight excluding hydrogens is 284 g/mol. The normalized spacial score (nSPS) is 55.7. The second-order valence-electron chi connectivity index (χ2n) is 9.88. The molecule has 0 amide bonds. The monoisotopic (exact) mass is 318 g/mol. The summed E-state index contributed by atoms with van der Waals surface area (Å²) >= 11 is 0. The van der Waals surface area contributed by atoms with Crippen LogP contribution < -0.4 is 0 Å². The van der Waals surface area contributed by atoms with E-state index in [4.69, 9.17) is 0 Å². The zero-order valence-electron chi connectivity index (χ0n) is 15.2. The Morgan fingerprint density at radius 3 is 2.35 bits per heavy atom. The molecule has 0 unspecified atom stereocenters. The van der Waals surface area contributed by atoms with E-state index in [1.807, 2.05) is 0 Å². The number of carbonyl (C=O) groups is 1. The lowest BCUT2D eigenvalue weighted by Crippen LogP contribution is -2.54. The summed E-state index contributed by atoms with van der Waals surface area (Å²) in [6, 6.07) is 0. The minimum absolute atomic E-state index is 0.0626. The fraction of sp³-hybridized carbons (Fsp3) is 0.952. The van der Waals surface area contributed by atoms with Crippen molar-refractivity contribution in [3.63, 3.8) is 0 Å². The van der Waals surface area contributed by atoms with Crippen molar-refractivity contribution in [3.8, 4) is 0 Å². The standard InChI is InChI=1S/C21H34O2/c1-13(22)14-8-10-20(2)15(12-14)4-5-16-17-6-7-19(23)21(17,3)11-9-18(16)20/h14-19,23H,4-12H2,1-3H3/t14-,15-,16+,17-,18+,19+,20+,21-/m1/s1. The molecule has 2 nitrogen and oxygen atoms in total. The highest BCUT2D eigenvalue weighted by Crippen LogP contribution is 2.66. The van der Waals surface area contributed by atoms with E-state index in [0.29, 0.717) is 17.1 Å². The van der Waals surface area contributed by atoms with Crippen molar-refractivity contribution in [2.24, 2.45) is 40.4 Å². The molecule has 4 rings (SSSR count). The maximum atomic E-state index is 11.9. The number of hydrogen-bond acceptors (Lipinski definition) is 2. The molecule has 0 aromatic rings. The van der Waals surface area contributed by atoms with Crippen LogP contribution in [-0.4, -0.2) is 17.0 Å². The number of Topliss-reactive ketones (excluding diaryl/α,β-unsaturated/α-hetero) is 1. The van der Waals surface area contributed by atoms with Gasteiger partial charge in [0.25, 0.3) is 0 Å². The molecule has 4 saturated carbocycles.